The first-order valence-corrected chi connectivity index (χ1v) is 17.2. The van der Waals surface area contributed by atoms with E-state index in [0.29, 0.717) is 42.8 Å². The van der Waals surface area contributed by atoms with Crippen LogP contribution in [0.5, 0.6) is 5.75 Å². The van der Waals surface area contributed by atoms with E-state index in [1.165, 1.54) is 49.7 Å². The number of amides is 1. The van der Waals surface area contributed by atoms with Crippen molar-refractivity contribution in [1.29, 1.82) is 0 Å². The Hall–Kier alpha value is -3.20. The molecule has 9 heteroatoms. The van der Waals surface area contributed by atoms with Crippen LogP contribution in [-0.2, 0) is 9.47 Å². The fraction of sp³-hybridized carbons (Fsp3) is 0.667. The number of piperidine rings is 1. The number of carbonyl (C=O) groups excluding carboxylic acids is 2. The van der Waals surface area contributed by atoms with E-state index in [1.807, 2.05) is 44.7 Å². The standard InChI is InChI=1S/C36H52N4O5/c1-5-43-24-44-30-21-25(23-41)18-19-29(30)33-31(26-13-8-6-9-14-26)32(27-15-10-7-11-16-27)34(39-38-33)37-28-17-12-20-40(22-28)35(42)45-36(2,3)4/h18-19,21,23,26-28H,5-17,20,22,24H2,1-4H3,(H,37,39). The SMILES string of the molecule is CCOCOc1cc(C=O)ccc1-c1nnc(NC2CCCN(C(=O)OC(C)(C)C)C2)c(C2CCCCC2)c1C1CCCCC1. The van der Waals surface area contributed by atoms with Gasteiger partial charge >= 0.3 is 6.09 Å². The number of carbonyl (C=O) groups is 2. The molecule has 1 aromatic carbocycles. The molecule has 0 radical (unpaired) electrons. The summed E-state index contributed by atoms with van der Waals surface area (Å²) in [7, 11) is 0. The van der Waals surface area contributed by atoms with Crippen molar-refractivity contribution in [3.05, 3.63) is 34.9 Å². The molecule has 1 aliphatic heterocycles. The van der Waals surface area contributed by atoms with Gasteiger partial charge in [-0.25, -0.2) is 4.79 Å². The first-order chi connectivity index (χ1) is 21.8. The Labute approximate surface area is 268 Å². The van der Waals surface area contributed by atoms with Crippen molar-refractivity contribution in [2.45, 2.75) is 128 Å². The fourth-order valence-electron chi connectivity index (χ4n) is 7.27. The van der Waals surface area contributed by atoms with Crippen LogP contribution in [0.4, 0.5) is 10.6 Å². The largest absolute Gasteiger partial charge is 0.467 e. The molecule has 0 bridgehead atoms. The number of anilines is 1. The molecule has 2 heterocycles. The van der Waals surface area contributed by atoms with Crippen molar-refractivity contribution in [2.24, 2.45) is 0 Å². The third-order valence-electron chi connectivity index (χ3n) is 9.39. The molecule has 1 atom stereocenters. The highest BCUT2D eigenvalue weighted by Crippen LogP contribution is 2.48. The topological polar surface area (TPSA) is 103 Å². The number of ether oxygens (including phenoxy) is 3. The molecule has 2 saturated carbocycles. The van der Waals surface area contributed by atoms with Crippen LogP contribution in [0.15, 0.2) is 18.2 Å². The van der Waals surface area contributed by atoms with Crippen molar-refractivity contribution in [2.75, 3.05) is 31.8 Å². The maximum atomic E-state index is 13.0. The van der Waals surface area contributed by atoms with E-state index in [1.54, 1.807) is 6.07 Å². The molecule has 1 unspecified atom stereocenters. The zero-order valence-electron chi connectivity index (χ0n) is 27.7. The van der Waals surface area contributed by atoms with Crippen LogP contribution < -0.4 is 10.1 Å². The van der Waals surface area contributed by atoms with E-state index in [0.717, 1.165) is 61.9 Å². The summed E-state index contributed by atoms with van der Waals surface area (Å²) in [5.41, 5.74) is 4.32. The second-order valence-electron chi connectivity index (χ2n) is 13.9. The molecular weight excluding hydrogens is 568 g/mol. The molecule has 9 nitrogen and oxygen atoms in total. The summed E-state index contributed by atoms with van der Waals surface area (Å²) in [5, 5.41) is 13.7. The quantitative estimate of drug-likeness (QED) is 0.161. The molecule has 3 fully saturated rings. The molecule has 5 rings (SSSR count). The number of nitrogens with zero attached hydrogens (tertiary/aromatic N) is 3. The summed E-state index contributed by atoms with van der Waals surface area (Å²) in [6.07, 6.45) is 14.3. The van der Waals surface area contributed by atoms with Gasteiger partial charge in [-0.1, -0.05) is 44.6 Å². The zero-order valence-corrected chi connectivity index (χ0v) is 27.7. The molecule has 246 valence electrons. The fourth-order valence-corrected chi connectivity index (χ4v) is 7.27. The molecule has 1 amide bonds. The van der Waals surface area contributed by atoms with Gasteiger partial charge in [0.25, 0.3) is 0 Å². The summed E-state index contributed by atoms with van der Waals surface area (Å²) < 4.78 is 17.3. The number of benzene rings is 1. The van der Waals surface area contributed by atoms with Crippen LogP contribution in [0, 0.1) is 0 Å². The first-order valence-electron chi connectivity index (χ1n) is 17.2. The van der Waals surface area contributed by atoms with Crippen molar-refractivity contribution >= 4 is 18.2 Å². The second-order valence-corrected chi connectivity index (χ2v) is 13.9. The summed E-state index contributed by atoms with van der Waals surface area (Å²) in [5.74, 6) is 2.22. The minimum atomic E-state index is -0.531. The van der Waals surface area contributed by atoms with Gasteiger partial charge in [-0.3, -0.25) is 4.79 Å². The Morgan fingerprint density at radius 3 is 2.29 bits per heavy atom. The highest BCUT2D eigenvalue weighted by Gasteiger charge is 2.34. The van der Waals surface area contributed by atoms with E-state index in [4.69, 9.17) is 24.4 Å². The van der Waals surface area contributed by atoms with Crippen molar-refractivity contribution in [3.63, 3.8) is 0 Å². The molecule has 1 aromatic heterocycles. The number of aldehydes is 1. The van der Waals surface area contributed by atoms with Crippen molar-refractivity contribution < 1.29 is 23.8 Å². The number of rotatable bonds is 10. The maximum absolute atomic E-state index is 13.0. The number of hydrogen-bond acceptors (Lipinski definition) is 8. The Kier molecular flexibility index (Phi) is 11.3. The number of likely N-dealkylation sites (tertiary alicyclic amines) is 1. The average molecular weight is 621 g/mol. The van der Waals surface area contributed by atoms with Crippen LogP contribution in [-0.4, -0.2) is 65.6 Å². The lowest BCUT2D eigenvalue weighted by atomic mass is 9.74. The van der Waals surface area contributed by atoms with Gasteiger partial charge < -0.3 is 24.4 Å². The average Bonchev–Trinajstić information content (AvgIpc) is 3.05. The summed E-state index contributed by atoms with van der Waals surface area (Å²) in [6.45, 7) is 9.56. The van der Waals surface area contributed by atoms with Gasteiger partial charge in [-0.2, -0.15) is 0 Å². The van der Waals surface area contributed by atoms with E-state index in [-0.39, 0.29) is 18.9 Å². The van der Waals surface area contributed by atoms with Gasteiger partial charge in [-0.15, -0.1) is 10.2 Å². The lowest BCUT2D eigenvalue weighted by Crippen LogP contribution is -2.47. The zero-order chi connectivity index (χ0) is 31.8. The van der Waals surface area contributed by atoms with E-state index in [9.17, 15) is 9.59 Å². The molecule has 2 aliphatic carbocycles. The van der Waals surface area contributed by atoms with Crippen molar-refractivity contribution in [3.8, 4) is 17.0 Å². The van der Waals surface area contributed by atoms with Crippen LogP contribution in [0.25, 0.3) is 11.3 Å². The van der Waals surface area contributed by atoms with E-state index in [2.05, 4.69) is 5.32 Å². The molecule has 0 spiro atoms. The predicted molar refractivity (Wildman–Crippen MR) is 176 cm³/mol. The Bertz CT molecular complexity index is 1300. The Morgan fingerprint density at radius 2 is 1.64 bits per heavy atom. The van der Waals surface area contributed by atoms with E-state index >= 15 is 0 Å². The van der Waals surface area contributed by atoms with Crippen LogP contribution in [0.1, 0.15) is 138 Å². The number of aromatic nitrogens is 2. The molecule has 45 heavy (non-hydrogen) atoms. The predicted octanol–water partition coefficient (Wildman–Crippen LogP) is 8.24. The number of hydrogen-bond donors (Lipinski definition) is 1. The van der Waals surface area contributed by atoms with Gasteiger partial charge in [0.2, 0.25) is 0 Å². The molecule has 2 aromatic rings. The van der Waals surface area contributed by atoms with Gasteiger partial charge in [0, 0.05) is 42.4 Å². The highest BCUT2D eigenvalue weighted by molar-refractivity contribution is 5.81. The van der Waals surface area contributed by atoms with Crippen LogP contribution >= 0.6 is 0 Å². The van der Waals surface area contributed by atoms with Gasteiger partial charge in [-0.05, 0) is 95.8 Å². The summed E-state index contributed by atoms with van der Waals surface area (Å²) >= 11 is 0. The van der Waals surface area contributed by atoms with Crippen molar-refractivity contribution in [1.82, 2.24) is 15.1 Å². The van der Waals surface area contributed by atoms with Crippen LogP contribution in [0.2, 0.25) is 0 Å². The summed E-state index contributed by atoms with van der Waals surface area (Å²) in [6, 6.07) is 5.64. The normalized spacial score (nSPS) is 20.1. The maximum Gasteiger partial charge on any atom is 0.410 e. The number of nitrogens with one attached hydrogen (secondary N) is 1. The lowest BCUT2D eigenvalue weighted by Gasteiger charge is -2.36. The smallest absolute Gasteiger partial charge is 0.410 e. The minimum Gasteiger partial charge on any atom is -0.467 e. The van der Waals surface area contributed by atoms with Gasteiger partial charge in [0.05, 0.1) is 0 Å². The Balaban J connectivity index is 1.57. The third-order valence-corrected chi connectivity index (χ3v) is 9.39. The molecule has 1 N–H and O–H groups in total. The van der Waals surface area contributed by atoms with Gasteiger partial charge in [0.1, 0.15) is 23.3 Å². The second kappa shape index (κ2) is 15.4. The van der Waals surface area contributed by atoms with E-state index < -0.39 is 5.60 Å². The van der Waals surface area contributed by atoms with Crippen LogP contribution in [0.3, 0.4) is 0 Å². The Morgan fingerprint density at radius 1 is 0.956 bits per heavy atom. The van der Waals surface area contributed by atoms with Gasteiger partial charge in [0.15, 0.2) is 12.6 Å². The molecule has 3 aliphatic rings. The summed E-state index contributed by atoms with van der Waals surface area (Å²) in [4.78, 5) is 26.5. The minimum absolute atomic E-state index is 0.0601. The lowest BCUT2D eigenvalue weighted by molar-refractivity contribution is 0.0205. The molecular formula is C36H52N4O5. The monoisotopic (exact) mass is 620 g/mol. The highest BCUT2D eigenvalue weighted by atomic mass is 16.7. The molecule has 1 saturated heterocycles. The first kappa shape index (κ1) is 33.2. The third kappa shape index (κ3) is 8.54.